The molecule has 0 spiro atoms. The zero-order valence-corrected chi connectivity index (χ0v) is 10.3. The molecule has 0 bridgehead atoms. The van der Waals surface area contributed by atoms with E-state index in [0.717, 1.165) is 0 Å². The molecule has 0 saturated heterocycles. The maximum absolute atomic E-state index is 5.73. The minimum absolute atomic E-state index is 0.288. The van der Waals surface area contributed by atoms with Crippen molar-refractivity contribution in [3.05, 3.63) is 83.9 Å². The van der Waals surface area contributed by atoms with Gasteiger partial charge in [0.05, 0.1) is 0 Å². The topological polar surface area (TPSA) is 0 Å². The molecule has 0 aromatic heterocycles. The van der Waals surface area contributed by atoms with Crippen LogP contribution < -0.4 is 0 Å². The molecule has 0 N–H and O–H groups in total. The Hall–Kier alpha value is -1.53. The molecule has 0 heterocycles. The minimum Gasteiger partial charge on any atom is -0.122 e. The summed E-state index contributed by atoms with van der Waals surface area (Å²) < 4.78 is 0. The number of allylic oxidation sites excluding steroid dienone is 2. The first-order valence-electron chi connectivity index (χ1n) is 5.74. The SMILES string of the molecule is ClCC=CC(c1ccccc1)c1ccccc1. The lowest BCUT2D eigenvalue weighted by molar-refractivity contribution is 1.02. The van der Waals surface area contributed by atoms with Crippen LogP contribution in [-0.2, 0) is 0 Å². The molecular weight excluding hydrogens is 228 g/mol. The first kappa shape index (κ1) is 11.9. The van der Waals surface area contributed by atoms with Crippen LogP contribution >= 0.6 is 11.6 Å². The van der Waals surface area contributed by atoms with Gasteiger partial charge < -0.3 is 0 Å². The highest BCUT2D eigenvalue weighted by molar-refractivity contribution is 6.18. The van der Waals surface area contributed by atoms with Gasteiger partial charge in [-0.15, -0.1) is 11.6 Å². The fourth-order valence-electron chi connectivity index (χ4n) is 1.92. The van der Waals surface area contributed by atoms with E-state index in [0.29, 0.717) is 5.88 Å². The highest BCUT2D eigenvalue weighted by atomic mass is 35.5. The molecule has 0 aliphatic heterocycles. The molecule has 0 radical (unpaired) electrons. The molecule has 0 fully saturated rings. The molecule has 17 heavy (non-hydrogen) atoms. The predicted molar refractivity (Wildman–Crippen MR) is 74.6 cm³/mol. The van der Waals surface area contributed by atoms with E-state index in [1.807, 2.05) is 18.2 Å². The van der Waals surface area contributed by atoms with Crippen molar-refractivity contribution in [3.8, 4) is 0 Å². The Kier molecular flexibility index (Phi) is 4.40. The quantitative estimate of drug-likeness (QED) is 0.542. The molecule has 2 rings (SSSR count). The van der Waals surface area contributed by atoms with E-state index in [2.05, 4.69) is 54.6 Å². The molecule has 0 unspecified atom stereocenters. The van der Waals surface area contributed by atoms with Crippen molar-refractivity contribution in [3.63, 3.8) is 0 Å². The highest BCUT2D eigenvalue weighted by Gasteiger charge is 2.09. The van der Waals surface area contributed by atoms with Gasteiger partial charge in [0.2, 0.25) is 0 Å². The van der Waals surface area contributed by atoms with E-state index in [9.17, 15) is 0 Å². The lowest BCUT2D eigenvalue weighted by Crippen LogP contribution is -1.97. The zero-order chi connectivity index (χ0) is 11.9. The molecule has 0 aliphatic rings. The van der Waals surface area contributed by atoms with Gasteiger partial charge in [0.1, 0.15) is 0 Å². The Morgan fingerprint density at radius 3 is 1.71 bits per heavy atom. The Labute approximate surface area is 108 Å². The third kappa shape index (κ3) is 3.21. The summed E-state index contributed by atoms with van der Waals surface area (Å²) in [5.74, 6) is 0.840. The Bertz CT molecular complexity index is 420. The second kappa shape index (κ2) is 6.27. The number of halogens is 1. The van der Waals surface area contributed by atoms with Crippen molar-refractivity contribution >= 4 is 11.6 Å². The van der Waals surface area contributed by atoms with Crippen LogP contribution in [0.4, 0.5) is 0 Å². The summed E-state index contributed by atoms with van der Waals surface area (Å²) in [6, 6.07) is 21.0. The third-order valence-corrected chi connectivity index (χ3v) is 2.91. The van der Waals surface area contributed by atoms with Gasteiger partial charge in [0, 0.05) is 11.8 Å². The molecule has 0 atom stereocenters. The summed E-state index contributed by atoms with van der Waals surface area (Å²) in [5, 5.41) is 0. The average Bonchev–Trinajstić information content (AvgIpc) is 2.42. The molecule has 2 aromatic carbocycles. The van der Waals surface area contributed by atoms with Crippen molar-refractivity contribution in [2.75, 3.05) is 5.88 Å². The fourth-order valence-corrected chi connectivity index (χ4v) is 2.03. The monoisotopic (exact) mass is 242 g/mol. The van der Waals surface area contributed by atoms with Gasteiger partial charge in [-0.3, -0.25) is 0 Å². The van der Waals surface area contributed by atoms with Crippen molar-refractivity contribution in [1.29, 1.82) is 0 Å². The maximum atomic E-state index is 5.73. The first-order chi connectivity index (χ1) is 8.42. The number of alkyl halides is 1. The van der Waals surface area contributed by atoms with Crippen LogP contribution in [0.15, 0.2) is 72.8 Å². The van der Waals surface area contributed by atoms with Gasteiger partial charge >= 0.3 is 0 Å². The van der Waals surface area contributed by atoms with Gasteiger partial charge in [-0.25, -0.2) is 0 Å². The standard InChI is InChI=1S/C16H15Cl/c17-13-7-12-16(14-8-3-1-4-9-14)15-10-5-2-6-11-15/h1-12,16H,13H2. The van der Waals surface area contributed by atoms with Crippen LogP contribution in [0.3, 0.4) is 0 Å². The average molecular weight is 243 g/mol. The molecule has 1 heteroatoms. The van der Waals surface area contributed by atoms with Gasteiger partial charge in [-0.1, -0.05) is 72.8 Å². The molecule has 0 aliphatic carbocycles. The summed E-state index contributed by atoms with van der Waals surface area (Å²) >= 11 is 5.73. The van der Waals surface area contributed by atoms with Crippen molar-refractivity contribution < 1.29 is 0 Å². The van der Waals surface area contributed by atoms with Crippen LogP contribution in [-0.4, -0.2) is 5.88 Å². The molecule has 0 saturated carbocycles. The Morgan fingerprint density at radius 2 is 1.29 bits per heavy atom. The lowest BCUT2D eigenvalue weighted by atomic mass is 9.91. The maximum Gasteiger partial charge on any atom is 0.0404 e. The largest absolute Gasteiger partial charge is 0.122 e. The summed E-state index contributed by atoms with van der Waals surface area (Å²) in [6.45, 7) is 0. The van der Waals surface area contributed by atoms with E-state index in [-0.39, 0.29) is 5.92 Å². The minimum atomic E-state index is 0.288. The van der Waals surface area contributed by atoms with Crippen LogP contribution in [0.25, 0.3) is 0 Å². The third-order valence-electron chi connectivity index (χ3n) is 2.73. The van der Waals surface area contributed by atoms with Crippen molar-refractivity contribution in [2.45, 2.75) is 5.92 Å². The van der Waals surface area contributed by atoms with Gasteiger partial charge in [-0.2, -0.15) is 0 Å². The number of hydrogen-bond acceptors (Lipinski definition) is 0. The smallest absolute Gasteiger partial charge is 0.0404 e. The van der Waals surface area contributed by atoms with Crippen LogP contribution in [0, 0.1) is 0 Å². The Balaban J connectivity index is 2.36. The summed E-state index contributed by atoms with van der Waals surface area (Å²) in [7, 11) is 0. The van der Waals surface area contributed by atoms with Crippen LogP contribution in [0.5, 0.6) is 0 Å². The van der Waals surface area contributed by atoms with Crippen LogP contribution in [0.1, 0.15) is 17.0 Å². The second-order valence-corrected chi connectivity index (χ2v) is 4.19. The van der Waals surface area contributed by atoms with E-state index in [1.165, 1.54) is 11.1 Å². The molecule has 0 nitrogen and oxygen atoms in total. The van der Waals surface area contributed by atoms with Crippen molar-refractivity contribution in [2.24, 2.45) is 0 Å². The lowest BCUT2D eigenvalue weighted by Gasteiger charge is -2.13. The van der Waals surface area contributed by atoms with Gasteiger partial charge in [-0.05, 0) is 11.1 Å². The summed E-state index contributed by atoms with van der Waals surface area (Å²) in [4.78, 5) is 0. The second-order valence-electron chi connectivity index (χ2n) is 3.88. The predicted octanol–water partition coefficient (Wildman–Crippen LogP) is 4.61. The number of rotatable bonds is 4. The molecular formula is C16H15Cl. The normalized spacial score (nSPS) is 11.2. The van der Waals surface area contributed by atoms with Gasteiger partial charge in [0.25, 0.3) is 0 Å². The Morgan fingerprint density at radius 1 is 0.824 bits per heavy atom. The summed E-state index contributed by atoms with van der Waals surface area (Å²) in [5.41, 5.74) is 2.58. The summed E-state index contributed by atoms with van der Waals surface area (Å²) in [6.07, 6.45) is 4.17. The van der Waals surface area contributed by atoms with E-state index in [4.69, 9.17) is 11.6 Å². The molecule has 86 valence electrons. The van der Waals surface area contributed by atoms with E-state index < -0.39 is 0 Å². The fraction of sp³-hybridized carbons (Fsp3) is 0.125. The van der Waals surface area contributed by atoms with E-state index in [1.54, 1.807) is 0 Å². The van der Waals surface area contributed by atoms with Crippen molar-refractivity contribution in [1.82, 2.24) is 0 Å². The zero-order valence-electron chi connectivity index (χ0n) is 9.59. The van der Waals surface area contributed by atoms with Crippen LogP contribution in [0.2, 0.25) is 0 Å². The highest BCUT2D eigenvalue weighted by Crippen LogP contribution is 2.25. The first-order valence-corrected chi connectivity index (χ1v) is 6.28. The van der Waals surface area contributed by atoms with Gasteiger partial charge in [0.15, 0.2) is 0 Å². The molecule has 0 amide bonds. The number of hydrogen-bond donors (Lipinski definition) is 0. The number of benzene rings is 2. The van der Waals surface area contributed by atoms with E-state index >= 15 is 0 Å². The molecule has 2 aromatic rings.